The van der Waals surface area contributed by atoms with Crippen molar-refractivity contribution in [2.24, 2.45) is 0 Å². The molecule has 0 aromatic carbocycles. The van der Waals surface area contributed by atoms with E-state index in [1.807, 2.05) is 0 Å². The molecule has 2 heterocycles. The van der Waals surface area contributed by atoms with Gasteiger partial charge < -0.3 is 19.8 Å². The van der Waals surface area contributed by atoms with Crippen LogP contribution in [-0.4, -0.2) is 36.1 Å². The Morgan fingerprint density at radius 1 is 1.30 bits per heavy atom. The van der Waals surface area contributed by atoms with Crippen LogP contribution in [0.3, 0.4) is 0 Å². The number of hydrogen-bond donors (Lipinski definition) is 2. The summed E-state index contributed by atoms with van der Waals surface area (Å²) in [6, 6.07) is 3.53. The quantitative estimate of drug-likeness (QED) is 0.820. The molecule has 0 fully saturated rings. The van der Waals surface area contributed by atoms with Crippen LogP contribution in [0.4, 0.5) is 0 Å². The van der Waals surface area contributed by atoms with Crippen LogP contribution in [0.1, 0.15) is 37.7 Å². The highest BCUT2D eigenvalue weighted by molar-refractivity contribution is 6.00. The van der Waals surface area contributed by atoms with E-state index in [4.69, 9.17) is 9.47 Å². The van der Waals surface area contributed by atoms with Crippen LogP contribution in [0.15, 0.2) is 18.3 Å². The second kappa shape index (κ2) is 6.95. The molecule has 2 aromatic rings. The molecular weight excluding hydrogens is 298 g/mol. The van der Waals surface area contributed by atoms with Crippen molar-refractivity contribution in [2.45, 2.75) is 20.4 Å². The van der Waals surface area contributed by atoms with Crippen molar-refractivity contribution in [1.82, 2.24) is 15.3 Å². The van der Waals surface area contributed by atoms with Crippen LogP contribution >= 0.6 is 0 Å². The summed E-state index contributed by atoms with van der Waals surface area (Å²) in [6.07, 6.45) is 1.61. The zero-order valence-electron chi connectivity index (χ0n) is 13.5. The van der Waals surface area contributed by atoms with Crippen LogP contribution in [-0.2, 0) is 11.3 Å². The molecule has 0 atom stereocenters. The maximum atomic E-state index is 12.3. The first-order valence-electron chi connectivity index (χ1n) is 7.02. The van der Waals surface area contributed by atoms with Gasteiger partial charge in [0.25, 0.3) is 5.91 Å². The highest BCUT2D eigenvalue weighted by atomic mass is 16.5. The summed E-state index contributed by atoms with van der Waals surface area (Å²) in [6.45, 7) is 3.76. The number of nitrogens with one attached hydrogen (secondary N) is 2. The minimum atomic E-state index is -0.464. The second-order valence-corrected chi connectivity index (χ2v) is 5.01. The lowest BCUT2D eigenvalue weighted by Crippen LogP contribution is -2.24. The molecule has 0 aliphatic heterocycles. The van der Waals surface area contributed by atoms with E-state index >= 15 is 0 Å². The zero-order valence-corrected chi connectivity index (χ0v) is 13.5. The summed E-state index contributed by atoms with van der Waals surface area (Å²) < 4.78 is 9.78. The molecule has 1 amide bonds. The average molecular weight is 317 g/mol. The molecule has 0 saturated carbocycles. The number of ether oxygens (including phenoxy) is 2. The normalized spacial score (nSPS) is 10.3. The van der Waals surface area contributed by atoms with E-state index in [9.17, 15) is 9.59 Å². The minimum Gasteiger partial charge on any atom is -0.481 e. The number of nitrogens with zero attached hydrogens (tertiary/aromatic N) is 1. The van der Waals surface area contributed by atoms with Gasteiger partial charge in [0.1, 0.15) is 5.69 Å². The van der Waals surface area contributed by atoms with Crippen LogP contribution in [0.5, 0.6) is 5.88 Å². The molecule has 7 heteroatoms. The van der Waals surface area contributed by atoms with Gasteiger partial charge >= 0.3 is 5.97 Å². The van der Waals surface area contributed by atoms with Crippen LogP contribution in [0.2, 0.25) is 0 Å². The first-order chi connectivity index (χ1) is 11.0. The van der Waals surface area contributed by atoms with E-state index in [1.165, 1.54) is 14.2 Å². The summed E-state index contributed by atoms with van der Waals surface area (Å²) in [7, 11) is 2.84. The van der Waals surface area contributed by atoms with Crippen molar-refractivity contribution in [3.63, 3.8) is 0 Å². The predicted octanol–water partition coefficient (Wildman–Crippen LogP) is 1.75. The van der Waals surface area contributed by atoms with Crippen molar-refractivity contribution < 1.29 is 19.1 Å². The number of H-pyrrole nitrogens is 1. The first kappa shape index (κ1) is 16.5. The number of esters is 1. The lowest BCUT2D eigenvalue weighted by molar-refractivity contribution is 0.0599. The Balaban J connectivity index is 2.13. The van der Waals surface area contributed by atoms with Gasteiger partial charge in [-0.05, 0) is 31.0 Å². The number of amides is 1. The van der Waals surface area contributed by atoms with E-state index in [2.05, 4.69) is 15.3 Å². The van der Waals surface area contributed by atoms with Crippen LogP contribution < -0.4 is 10.1 Å². The van der Waals surface area contributed by atoms with Gasteiger partial charge in [-0.25, -0.2) is 9.78 Å². The van der Waals surface area contributed by atoms with Gasteiger partial charge in [-0.1, -0.05) is 0 Å². The Morgan fingerprint density at radius 2 is 2.04 bits per heavy atom. The second-order valence-electron chi connectivity index (χ2n) is 5.01. The third-order valence-electron chi connectivity index (χ3n) is 3.52. The molecule has 23 heavy (non-hydrogen) atoms. The fraction of sp³-hybridized carbons (Fsp3) is 0.312. The van der Waals surface area contributed by atoms with E-state index in [1.54, 1.807) is 32.2 Å². The average Bonchev–Trinajstić information content (AvgIpc) is 2.86. The third-order valence-corrected chi connectivity index (χ3v) is 3.52. The Hall–Kier alpha value is -2.83. The first-order valence-corrected chi connectivity index (χ1v) is 7.02. The van der Waals surface area contributed by atoms with Gasteiger partial charge in [0.05, 0.1) is 19.8 Å². The molecule has 0 bridgehead atoms. The number of aromatic amines is 1. The smallest absolute Gasteiger partial charge is 0.339 e. The van der Waals surface area contributed by atoms with Crippen LogP contribution in [0, 0.1) is 13.8 Å². The topological polar surface area (TPSA) is 93.3 Å². The van der Waals surface area contributed by atoms with Crippen molar-refractivity contribution >= 4 is 11.9 Å². The highest BCUT2D eigenvalue weighted by Crippen LogP contribution is 2.19. The fourth-order valence-corrected chi connectivity index (χ4v) is 2.33. The zero-order chi connectivity index (χ0) is 17.0. The number of carbonyl (C=O) groups is 2. The number of hydrogen-bond acceptors (Lipinski definition) is 5. The molecule has 2 aromatic heterocycles. The standard InChI is InChI=1S/C16H19N3O4/c1-9-13(16(21)23-4)10(2)19-14(9)15(20)18-8-11-5-6-17-12(7-11)22-3/h5-7,19H,8H2,1-4H3,(H,18,20). The molecule has 0 radical (unpaired) electrons. The van der Waals surface area contributed by atoms with Gasteiger partial charge in [0.15, 0.2) is 0 Å². The summed E-state index contributed by atoms with van der Waals surface area (Å²) >= 11 is 0. The summed E-state index contributed by atoms with van der Waals surface area (Å²) in [5.41, 5.74) is 2.77. The van der Waals surface area contributed by atoms with Crippen molar-refractivity contribution in [1.29, 1.82) is 0 Å². The van der Waals surface area contributed by atoms with Gasteiger partial charge in [-0.15, -0.1) is 0 Å². The molecule has 0 aliphatic rings. The number of methoxy groups -OCH3 is 2. The summed E-state index contributed by atoms with van der Waals surface area (Å²) in [5.74, 6) is -0.276. The van der Waals surface area contributed by atoms with Gasteiger partial charge in [0.2, 0.25) is 5.88 Å². The van der Waals surface area contributed by atoms with E-state index in [0.29, 0.717) is 34.9 Å². The number of carbonyl (C=O) groups excluding carboxylic acids is 2. The highest BCUT2D eigenvalue weighted by Gasteiger charge is 2.22. The maximum absolute atomic E-state index is 12.3. The lowest BCUT2D eigenvalue weighted by Gasteiger charge is -2.06. The monoisotopic (exact) mass is 317 g/mol. The Morgan fingerprint density at radius 3 is 2.70 bits per heavy atom. The van der Waals surface area contributed by atoms with E-state index in [-0.39, 0.29) is 5.91 Å². The largest absolute Gasteiger partial charge is 0.481 e. The Kier molecular flexibility index (Phi) is 5.00. The number of aromatic nitrogens is 2. The van der Waals surface area contributed by atoms with E-state index in [0.717, 1.165) is 5.56 Å². The van der Waals surface area contributed by atoms with Crippen molar-refractivity contribution in [2.75, 3.05) is 14.2 Å². The van der Waals surface area contributed by atoms with Crippen molar-refractivity contribution in [3.05, 3.63) is 46.4 Å². The molecule has 0 spiro atoms. The van der Waals surface area contributed by atoms with E-state index < -0.39 is 5.97 Å². The number of pyridine rings is 1. The summed E-state index contributed by atoms with van der Waals surface area (Å²) in [4.78, 5) is 31.0. The predicted molar refractivity (Wildman–Crippen MR) is 83.6 cm³/mol. The Bertz CT molecular complexity index is 737. The number of rotatable bonds is 5. The third kappa shape index (κ3) is 3.50. The van der Waals surface area contributed by atoms with Gasteiger partial charge in [-0.3, -0.25) is 4.79 Å². The molecular formula is C16H19N3O4. The maximum Gasteiger partial charge on any atom is 0.339 e. The van der Waals surface area contributed by atoms with Gasteiger partial charge in [-0.2, -0.15) is 0 Å². The molecule has 122 valence electrons. The van der Waals surface area contributed by atoms with Gasteiger partial charge in [0, 0.05) is 24.5 Å². The molecule has 2 rings (SSSR count). The molecule has 0 saturated heterocycles. The fourth-order valence-electron chi connectivity index (χ4n) is 2.33. The Labute approximate surface area is 134 Å². The summed E-state index contributed by atoms with van der Waals surface area (Å²) in [5, 5.41) is 2.80. The molecule has 2 N–H and O–H groups in total. The molecule has 0 aliphatic carbocycles. The molecule has 0 unspecified atom stereocenters. The minimum absolute atomic E-state index is 0.295. The lowest BCUT2D eigenvalue weighted by atomic mass is 10.1. The van der Waals surface area contributed by atoms with Crippen molar-refractivity contribution in [3.8, 4) is 5.88 Å². The SMILES string of the molecule is COC(=O)c1c(C)[nH]c(C(=O)NCc2ccnc(OC)c2)c1C. The molecule has 7 nitrogen and oxygen atoms in total. The van der Waals surface area contributed by atoms with Crippen LogP contribution in [0.25, 0.3) is 0 Å². The number of aryl methyl sites for hydroxylation is 1.